The van der Waals surface area contributed by atoms with Gasteiger partial charge in [-0.3, -0.25) is 4.79 Å². The van der Waals surface area contributed by atoms with Crippen molar-refractivity contribution in [2.45, 2.75) is 26.3 Å². The highest BCUT2D eigenvalue weighted by Gasteiger charge is 2.29. The first-order valence-corrected chi connectivity index (χ1v) is 11.4. The summed E-state index contributed by atoms with van der Waals surface area (Å²) in [4.78, 5) is 27.9. The van der Waals surface area contributed by atoms with Crippen LogP contribution in [0.3, 0.4) is 0 Å². The Hall–Kier alpha value is -3.56. The zero-order chi connectivity index (χ0) is 23.4. The van der Waals surface area contributed by atoms with Gasteiger partial charge in [0.1, 0.15) is 6.04 Å². The van der Waals surface area contributed by atoms with Gasteiger partial charge in [-0.15, -0.1) is 16.4 Å². The first-order chi connectivity index (χ1) is 16.0. The van der Waals surface area contributed by atoms with Crippen molar-refractivity contribution >= 4 is 40.4 Å². The average Bonchev–Trinajstić information content (AvgIpc) is 3.48. The van der Waals surface area contributed by atoms with Gasteiger partial charge in [-0.1, -0.05) is 42.8 Å². The zero-order valence-electron chi connectivity index (χ0n) is 17.9. The number of hydrogen-bond acceptors (Lipinski definition) is 6. The van der Waals surface area contributed by atoms with E-state index in [0.29, 0.717) is 32.5 Å². The van der Waals surface area contributed by atoms with Crippen LogP contribution in [0.5, 0.6) is 0 Å². The second-order valence-corrected chi connectivity index (χ2v) is 8.92. The molecule has 1 atom stereocenters. The number of tetrazole rings is 1. The van der Waals surface area contributed by atoms with Crippen LogP contribution in [0.2, 0.25) is 5.02 Å². The molecule has 3 N–H and O–H groups in total. The number of aromatic nitrogens is 4. The maximum absolute atomic E-state index is 13.4. The molecule has 0 aliphatic carbocycles. The molecule has 33 heavy (non-hydrogen) atoms. The molecule has 0 radical (unpaired) electrons. The standard InChI is InChI=1S/C23H21ClN6O2S/c1-3-15-12-17(20(31)16-9-4-5-10-18(16)24)21(33-15)19(22-27-29-30-28-22)26-23(32)25-14-8-6-7-13(2)11-14/h4-12,19H,3H2,1-2H3,(H2,25,26,32)(H,27,28,29,30). The van der Waals surface area contributed by atoms with E-state index in [1.165, 1.54) is 11.3 Å². The van der Waals surface area contributed by atoms with E-state index in [9.17, 15) is 9.59 Å². The van der Waals surface area contributed by atoms with Crippen molar-refractivity contribution in [2.75, 3.05) is 5.32 Å². The largest absolute Gasteiger partial charge is 0.323 e. The molecule has 4 rings (SSSR count). The van der Waals surface area contributed by atoms with E-state index in [1.807, 2.05) is 38.1 Å². The van der Waals surface area contributed by atoms with Gasteiger partial charge in [0.2, 0.25) is 0 Å². The highest BCUT2D eigenvalue weighted by molar-refractivity contribution is 7.12. The highest BCUT2D eigenvalue weighted by Crippen LogP contribution is 2.34. The van der Waals surface area contributed by atoms with E-state index in [2.05, 4.69) is 31.3 Å². The fourth-order valence-corrected chi connectivity index (χ4v) is 4.76. The van der Waals surface area contributed by atoms with Gasteiger partial charge >= 0.3 is 6.03 Å². The molecule has 0 fully saturated rings. The highest BCUT2D eigenvalue weighted by atomic mass is 35.5. The summed E-state index contributed by atoms with van der Waals surface area (Å²) in [6.45, 7) is 3.94. The summed E-state index contributed by atoms with van der Waals surface area (Å²) in [5, 5.41) is 20.1. The molecule has 0 bridgehead atoms. The second-order valence-electron chi connectivity index (χ2n) is 7.34. The number of nitrogens with one attached hydrogen (secondary N) is 3. The zero-order valence-corrected chi connectivity index (χ0v) is 19.5. The number of carbonyl (C=O) groups excluding carboxylic acids is 2. The minimum Gasteiger partial charge on any atom is -0.323 e. The molecular formula is C23H21ClN6O2S. The van der Waals surface area contributed by atoms with Gasteiger partial charge in [0.15, 0.2) is 11.6 Å². The molecule has 0 aliphatic heterocycles. The van der Waals surface area contributed by atoms with Crippen LogP contribution in [0.15, 0.2) is 54.6 Å². The molecule has 1 unspecified atom stereocenters. The predicted molar refractivity (Wildman–Crippen MR) is 128 cm³/mol. The summed E-state index contributed by atoms with van der Waals surface area (Å²) in [7, 11) is 0. The summed E-state index contributed by atoms with van der Waals surface area (Å²) in [6.07, 6.45) is 0.727. The Kier molecular flexibility index (Phi) is 6.81. The molecule has 4 aromatic rings. The average molecular weight is 481 g/mol. The van der Waals surface area contributed by atoms with Crippen LogP contribution in [-0.4, -0.2) is 32.4 Å². The monoisotopic (exact) mass is 480 g/mol. The number of aromatic amines is 1. The van der Waals surface area contributed by atoms with E-state index in [1.54, 1.807) is 30.3 Å². The number of anilines is 1. The number of halogens is 1. The molecular weight excluding hydrogens is 460 g/mol. The van der Waals surface area contributed by atoms with Crippen LogP contribution in [0.4, 0.5) is 10.5 Å². The predicted octanol–water partition coefficient (Wildman–Crippen LogP) is 4.93. The van der Waals surface area contributed by atoms with Gasteiger partial charge in [-0.25, -0.2) is 9.89 Å². The SMILES string of the molecule is CCc1cc(C(=O)c2ccccc2Cl)c(C(NC(=O)Nc2cccc(C)c2)c2nnn[nH]2)s1. The van der Waals surface area contributed by atoms with Crippen molar-refractivity contribution < 1.29 is 9.59 Å². The van der Waals surface area contributed by atoms with Crippen molar-refractivity contribution in [3.8, 4) is 0 Å². The minimum absolute atomic E-state index is 0.232. The lowest BCUT2D eigenvalue weighted by atomic mass is 10.0. The van der Waals surface area contributed by atoms with E-state index in [4.69, 9.17) is 11.6 Å². The summed E-state index contributed by atoms with van der Waals surface area (Å²) < 4.78 is 0. The maximum Gasteiger partial charge on any atom is 0.320 e. The Labute approximate surface area is 199 Å². The van der Waals surface area contributed by atoms with Crippen LogP contribution in [0.1, 0.15) is 50.0 Å². The first-order valence-electron chi connectivity index (χ1n) is 10.3. The van der Waals surface area contributed by atoms with Gasteiger partial charge in [-0.2, -0.15) is 0 Å². The molecule has 0 saturated heterocycles. The van der Waals surface area contributed by atoms with E-state index in [0.717, 1.165) is 16.9 Å². The number of hydrogen-bond donors (Lipinski definition) is 3. The molecule has 0 saturated carbocycles. The van der Waals surface area contributed by atoms with E-state index >= 15 is 0 Å². The van der Waals surface area contributed by atoms with Crippen LogP contribution in [0.25, 0.3) is 0 Å². The van der Waals surface area contributed by atoms with Crippen molar-refractivity contribution in [3.05, 3.63) is 91.9 Å². The number of urea groups is 1. The molecule has 0 spiro atoms. The smallest absolute Gasteiger partial charge is 0.320 e. The van der Waals surface area contributed by atoms with Crippen LogP contribution < -0.4 is 10.6 Å². The fourth-order valence-electron chi connectivity index (χ4n) is 3.38. The summed E-state index contributed by atoms with van der Waals surface area (Å²) in [5.74, 6) is 0.0806. The quantitative estimate of drug-likeness (QED) is 0.325. The topological polar surface area (TPSA) is 113 Å². The Morgan fingerprint density at radius 3 is 2.64 bits per heavy atom. The van der Waals surface area contributed by atoms with E-state index < -0.39 is 12.1 Å². The lowest BCUT2D eigenvalue weighted by Crippen LogP contribution is -2.34. The van der Waals surface area contributed by atoms with Crippen molar-refractivity contribution in [3.63, 3.8) is 0 Å². The lowest BCUT2D eigenvalue weighted by molar-refractivity contribution is 0.103. The third-order valence-corrected chi connectivity index (χ3v) is 6.65. The molecule has 2 amide bonds. The Bertz CT molecular complexity index is 1290. The Morgan fingerprint density at radius 2 is 1.94 bits per heavy atom. The number of amides is 2. The Morgan fingerprint density at radius 1 is 1.12 bits per heavy atom. The maximum atomic E-state index is 13.4. The normalized spacial score (nSPS) is 11.7. The third-order valence-electron chi connectivity index (χ3n) is 4.97. The van der Waals surface area contributed by atoms with Gasteiger partial charge < -0.3 is 10.6 Å². The molecule has 8 nitrogen and oxygen atoms in total. The van der Waals surface area contributed by atoms with Gasteiger partial charge in [-0.05, 0) is 59.7 Å². The number of aryl methyl sites for hydroxylation is 2. The van der Waals surface area contributed by atoms with Crippen LogP contribution >= 0.6 is 22.9 Å². The molecule has 0 aliphatic rings. The van der Waals surface area contributed by atoms with Crippen molar-refractivity contribution in [1.82, 2.24) is 25.9 Å². The summed E-state index contributed by atoms with van der Waals surface area (Å²) in [5.41, 5.74) is 2.50. The molecule has 168 valence electrons. The number of ketones is 1. The number of H-pyrrole nitrogens is 1. The lowest BCUT2D eigenvalue weighted by Gasteiger charge is -2.17. The summed E-state index contributed by atoms with van der Waals surface area (Å²) >= 11 is 7.72. The Balaban J connectivity index is 1.71. The second kappa shape index (κ2) is 9.93. The fraction of sp³-hybridized carbons (Fsp3) is 0.174. The number of rotatable bonds is 7. The van der Waals surface area contributed by atoms with Crippen LogP contribution in [0, 0.1) is 6.92 Å². The van der Waals surface area contributed by atoms with Crippen LogP contribution in [-0.2, 0) is 6.42 Å². The number of benzene rings is 2. The van der Waals surface area contributed by atoms with Gasteiger partial charge in [0.05, 0.1) is 5.02 Å². The molecule has 10 heteroatoms. The number of nitrogens with zero attached hydrogens (tertiary/aromatic N) is 3. The third kappa shape index (κ3) is 5.10. The van der Waals surface area contributed by atoms with Crippen molar-refractivity contribution in [2.24, 2.45) is 0 Å². The van der Waals surface area contributed by atoms with Gasteiger partial charge in [0, 0.05) is 26.6 Å². The number of thiophene rings is 1. The molecule has 2 aromatic carbocycles. The number of carbonyl (C=O) groups is 2. The minimum atomic E-state index is -0.767. The summed E-state index contributed by atoms with van der Waals surface area (Å²) in [6, 6.07) is 15.0. The van der Waals surface area contributed by atoms with Crippen molar-refractivity contribution in [1.29, 1.82) is 0 Å². The van der Waals surface area contributed by atoms with Gasteiger partial charge in [0.25, 0.3) is 0 Å². The first kappa shape index (κ1) is 22.6. The molecule has 2 heterocycles. The van der Waals surface area contributed by atoms with E-state index in [-0.39, 0.29) is 5.78 Å². The molecule has 2 aromatic heterocycles.